The number of benzene rings is 4. The van der Waals surface area contributed by atoms with E-state index in [1.165, 1.54) is 28.4 Å². The van der Waals surface area contributed by atoms with Crippen molar-refractivity contribution in [3.05, 3.63) is 114 Å². The van der Waals surface area contributed by atoms with E-state index in [0.717, 1.165) is 42.2 Å². The number of thiazole rings is 1. The van der Waals surface area contributed by atoms with E-state index in [0.29, 0.717) is 56.5 Å². The van der Waals surface area contributed by atoms with E-state index >= 15 is 0 Å². The predicted molar refractivity (Wildman–Crippen MR) is 274 cm³/mol. The predicted octanol–water partition coefficient (Wildman–Crippen LogP) is 8.53. The van der Waals surface area contributed by atoms with E-state index in [-0.39, 0.29) is 67.7 Å². The number of aryl methyl sites for hydroxylation is 1. The van der Waals surface area contributed by atoms with E-state index in [2.05, 4.69) is 27.4 Å². The van der Waals surface area contributed by atoms with Crippen molar-refractivity contribution >= 4 is 56.4 Å². The Balaban J connectivity index is 0.760. The van der Waals surface area contributed by atoms with Crippen molar-refractivity contribution in [1.82, 2.24) is 30.3 Å². The van der Waals surface area contributed by atoms with Gasteiger partial charge in [-0.05, 0) is 97.0 Å². The molecule has 71 heavy (non-hydrogen) atoms. The van der Waals surface area contributed by atoms with Crippen molar-refractivity contribution in [3.8, 4) is 43.9 Å². The lowest BCUT2D eigenvalue weighted by Crippen LogP contribution is -2.57. The summed E-state index contributed by atoms with van der Waals surface area (Å²) < 4.78 is 27.1. The van der Waals surface area contributed by atoms with Gasteiger partial charge in [0.25, 0.3) is 0 Å². The third-order valence-electron chi connectivity index (χ3n) is 13.0. The number of likely N-dealkylation sites (tertiary alicyclic amines) is 1. The number of aliphatic hydroxyl groups excluding tert-OH is 1. The van der Waals surface area contributed by atoms with E-state index in [1.807, 2.05) is 92.7 Å². The Bertz CT molecular complexity index is 2830. The number of piperazine rings is 1. The van der Waals surface area contributed by atoms with Crippen molar-refractivity contribution in [2.45, 2.75) is 91.1 Å². The van der Waals surface area contributed by atoms with Crippen LogP contribution in [0.4, 0.5) is 4.39 Å². The van der Waals surface area contributed by atoms with Gasteiger partial charge >= 0.3 is 0 Å². The number of aromatic nitrogens is 1. The van der Waals surface area contributed by atoms with Crippen LogP contribution in [0.2, 0.25) is 0 Å². The SMILES string of the molecule is Cc1ncsc1-c1ccc(CNC(=O)[C@@H]2C[C@@H](O)CN2C(=O)C(NC(=O)CCCC(=O)N2CCN(CCOc3ccc(Oc4c(-c5ccc(F)cc5)sc5cc(O)ccc45)cc3)[C@H](C)C2)C(C)(C)C)cc1. The molecule has 0 bridgehead atoms. The number of carbonyl (C=O) groups is 4. The summed E-state index contributed by atoms with van der Waals surface area (Å²) in [5.74, 6) is 0.517. The smallest absolute Gasteiger partial charge is 0.246 e. The first kappa shape index (κ1) is 51.0. The molecule has 4 heterocycles. The first-order valence-corrected chi connectivity index (χ1v) is 25.7. The van der Waals surface area contributed by atoms with Crippen molar-refractivity contribution in [3.63, 3.8) is 0 Å². The molecule has 0 spiro atoms. The highest BCUT2D eigenvalue weighted by Gasteiger charge is 2.44. The highest BCUT2D eigenvalue weighted by molar-refractivity contribution is 7.22. The summed E-state index contributed by atoms with van der Waals surface area (Å²) in [6.45, 7) is 12.7. The van der Waals surface area contributed by atoms with Gasteiger partial charge in [0.1, 0.15) is 41.8 Å². The van der Waals surface area contributed by atoms with Gasteiger partial charge < -0.3 is 40.1 Å². The fourth-order valence-corrected chi connectivity index (χ4v) is 11.1. The number of halogens is 1. The molecule has 4 N–H and O–H groups in total. The molecule has 4 atom stereocenters. The topological polar surface area (TPSA) is 174 Å². The van der Waals surface area contributed by atoms with E-state index in [1.54, 1.807) is 35.6 Å². The molecule has 8 rings (SSSR count). The molecule has 17 heteroatoms. The normalized spacial score (nSPS) is 17.8. The summed E-state index contributed by atoms with van der Waals surface area (Å²) in [4.78, 5) is 66.0. The number of nitrogens with zero attached hydrogens (tertiary/aromatic N) is 4. The Morgan fingerprint density at radius 1 is 0.901 bits per heavy atom. The number of hydrogen-bond acceptors (Lipinski definition) is 12. The number of rotatable bonds is 17. The Kier molecular flexibility index (Phi) is 16.0. The number of β-amino-alcohol motifs (C(OH)–C–C–N with tert-alkyl or cyclic N) is 1. The largest absolute Gasteiger partial charge is 0.508 e. The third kappa shape index (κ3) is 12.6. The monoisotopic (exact) mass is 1000 g/mol. The fourth-order valence-electron chi connectivity index (χ4n) is 9.08. The van der Waals surface area contributed by atoms with Crippen LogP contribution in [0.25, 0.3) is 31.0 Å². The van der Waals surface area contributed by atoms with Gasteiger partial charge in [-0.2, -0.15) is 0 Å². The summed E-state index contributed by atoms with van der Waals surface area (Å²) in [6, 6.07) is 24.8. The first-order chi connectivity index (χ1) is 34.0. The van der Waals surface area contributed by atoms with Crippen LogP contribution in [0.3, 0.4) is 0 Å². The fraction of sp³-hybridized carbons (Fsp3) is 0.389. The second kappa shape index (κ2) is 22.4. The summed E-state index contributed by atoms with van der Waals surface area (Å²) in [5.41, 5.74) is 4.80. The van der Waals surface area contributed by atoms with Crippen LogP contribution in [-0.2, 0) is 25.7 Å². The molecule has 0 aliphatic carbocycles. The lowest BCUT2D eigenvalue weighted by atomic mass is 9.85. The molecule has 1 unspecified atom stereocenters. The zero-order valence-electron chi connectivity index (χ0n) is 40.7. The molecule has 0 saturated carbocycles. The van der Waals surface area contributed by atoms with Gasteiger partial charge in [0.2, 0.25) is 23.6 Å². The Labute approximate surface area is 421 Å². The molecular weight excluding hydrogens is 944 g/mol. The Morgan fingerprint density at radius 2 is 1.61 bits per heavy atom. The second-order valence-corrected chi connectivity index (χ2v) is 21.3. The van der Waals surface area contributed by atoms with Gasteiger partial charge in [-0.25, -0.2) is 9.37 Å². The standard InChI is InChI=1S/C54H61FN6O8S2/c1-33-30-60(24-23-59(33)25-26-68-41-18-20-42(21-19-41)69-48-43-22-17-39(62)28-45(43)71-50(48)37-13-15-38(55)16-14-37)47(65)8-6-7-46(64)58-51(54(3,4)5)53(67)61-31-40(63)27-44(61)52(66)56-29-35-9-11-36(12-10-35)49-34(2)57-32-70-49/h9-22,28,32-33,40,44,51,62-63H,6-8,23-27,29-31H2,1-5H3,(H,56,66)(H,58,64)/t33-,40-,44+,51?/m1/s1. The van der Waals surface area contributed by atoms with Crippen LogP contribution in [0.15, 0.2) is 96.5 Å². The third-order valence-corrected chi connectivity index (χ3v) is 15.2. The number of phenols is 1. The maximum Gasteiger partial charge on any atom is 0.246 e. The second-order valence-electron chi connectivity index (χ2n) is 19.4. The molecule has 2 aliphatic rings. The molecule has 2 fully saturated rings. The maximum absolute atomic E-state index is 14.1. The Morgan fingerprint density at radius 3 is 2.30 bits per heavy atom. The summed E-state index contributed by atoms with van der Waals surface area (Å²) in [5, 5.41) is 27.4. The molecular formula is C54H61FN6O8S2. The molecule has 2 aromatic heterocycles. The average Bonchev–Trinajstić information content (AvgIpc) is 4.06. The molecule has 14 nitrogen and oxygen atoms in total. The molecule has 4 amide bonds. The minimum absolute atomic E-state index is 0.0219. The molecule has 2 aliphatic heterocycles. The number of hydrogen-bond donors (Lipinski definition) is 4. The van der Waals surface area contributed by atoms with Crippen LogP contribution < -0.4 is 20.1 Å². The minimum atomic E-state index is -0.959. The summed E-state index contributed by atoms with van der Waals surface area (Å²) in [6.07, 6.45) is -0.248. The zero-order chi connectivity index (χ0) is 50.4. The van der Waals surface area contributed by atoms with Gasteiger partial charge in [0.05, 0.1) is 27.1 Å². The summed E-state index contributed by atoms with van der Waals surface area (Å²) in [7, 11) is 0. The molecule has 6 aromatic rings. The number of amides is 4. The van der Waals surface area contributed by atoms with Gasteiger partial charge in [-0.3, -0.25) is 24.1 Å². The van der Waals surface area contributed by atoms with Crippen LogP contribution in [0, 0.1) is 18.2 Å². The number of carbonyl (C=O) groups excluding carboxylic acids is 4. The van der Waals surface area contributed by atoms with Gasteiger partial charge in [-0.15, -0.1) is 22.7 Å². The minimum Gasteiger partial charge on any atom is -0.508 e. The number of nitrogens with one attached hydrogen (secondary N) is 2. The van der Waals surface area contributed by atoms with Crippen LogP contribution >= 0.6 is 22.7 Å². The van der Waals surface area contributed by atoms with Gasteiger partial charge in [0, 0.05) is 74.7 Å². The molecule has 0 radical (unpaired) electrons. The lowest BCUT2D eigenvalue weighted by molar-refractivity contribution is -0.144. The number of aliphatic hydroxyl groups is 1. The van der Waals surface area contributed by atoms with E-state index in [9.17, 15) is 33.8 Å². The van der Waals surface area contributed by atoms with Crippen LogP contribution in [-0.4, -0.2) is 117 Å². The van der Waals surface area contributed by atoms with Crippen LogP contribution in [0.1, 0.15) is 64.6 Å². The Hall–Kier alpha value is -6.40. The number of fused-ring (bicyclic) bond motifs is 1. The number of thiophene rings is 1. The van der Waals surface area contributed by atoms with Crippen molar-refractivity contribution in [1.29, 1.82) is 0 Å². The number of aromatic hydroxyl groups is 1. The number of phenolic OH excluding ortho intramolecular Hbond substituents is 1. The highest BCUT2D eigenvalue weighted by atomic mass is 32.1. The van der Waals surface area contributed by atoms with Crippen molar-refractivity contribution < 1.29 is 43.3 Å². The maximum atomic E-state index is 14.1. The quantitative estimate of drug-likeness (QED) is 0.0694. The van der Waals surface area contributed by atoms with E-state index < -0.39 is 29.5 Å². The van der Waals surface area contributed by atoms with Crippen molar-refractivity contribution in [2.24, 2.45) is 5.41 Å². The van der Waals surface area contributed by atoms with E-state index in [4.69, 9.17) is 9.47 Å². The number of ether oxygens (including phenoxy) is 2. The van der Waals surface area contributed by atoms with Gasteiger partial charge in [0.15, 0.2) is 5.75 Å². The molecule has 2 saturated heterocycles. The highest BCUT2D eigenvalue weighted by Crippen LogP contribution is 2.47. The van der Waals surface area contributed by atoms with Gasteiger partial charge in [-0.1, -0.05) is 57.2 Å². The molecule has 4 aromatic carbocycles. The van der Waals surface area contributed by atoms with Crippen molar-refractivity contribution in [2.75, 3.05) is 39.3 Å². The zero-order valence-corrected chi connectivity index (χ0v) is 42.3. The summed E-state index contributed by atoms with van der Waals surface area (Å²) >= 11 is 3.03. The first-order valence-electron chi connectivity index (χ1n) is 24.0. The lowest BCUT2D eigenvalue weighted by Gasteiger charge is -2.39. The average molecular weight is 1010 g/mol. The molecule has 374 valence electrons. The van der Waals surface area contributed by atoms with Crippen LogP contribution in [0.5, 0.6) is 23.0 Å².